The van der Waals surface area contributed by atoms with E-state index in [1.165, 1.54) is 6.33 Å². The fraction of sp³-hybridized carbons (Fsp3) is 0. The lowest BCUT2D eigenvalue weighted by Gasteiger charge is -1.90. The average molecular weight is 139 g/mol. The van der Waals surface area contributed by atoms with E-state index in [0.717, 1.165) is 6.21 Å². The molecule has 0 aromatic carbocycles. The third kappa shape index (κ3) is 0.883. The van der Waals surface area contributed by atoms with E-state index in [0.29, 0.717) is 0 Å². The summed E-state index contributed by atoms with van der Waals surface area (Å²) in [6.45, 7) is 0. The van der Waals surface area contributed by atoms with Crippen molar-refractivity contribution < 1.29 is 5.41 Å². The molecule has 0 aliphatic rings. The minimum absolute atomic E-state index is 0.145. The van der Waals surface area contributed by atoms with Crippen LogP contribution in [0.3, 0.4) is 0 Å². The van der Waals surface area contributed by atoms with Gasteiger partial charge in [-0.3, -0.25) is 10.2 Å². The van der Waals surface area contributed by atoms with Gasteiger partial charge in [0.25, 0.3) is 5.56 Å². The van der Waals surface area contributed by atoms with E-state index in [2.05, 4.69) is 9.97 Å². The number of rotatable bonds is 1. The highest BCUT2D eigenvalue weighted by molar-refractivity contribution is 5.80. The van der Waals surface area contributed by atoms with Gasteiger partial charge in [0.1, 0.15) is 11.4 Å². The molecule has 0 bridgehead atoms. The van der Waals surface area contributed by atoms with Gasteiger partial charge < -0.3 is 10.7 Å². The molecule has 0 aliphatic carbocycles. The quantitative estimate of drug-likeness (QED) is 0.376. The van der Waals surface area contributed by atoms with Crippen LogP contribution in [0, 0.1) is 0 Å². The van der Waals surface area contributed by atoms with E-state index in [1.54, 1.807) is 0 Å². The van der Waals surface area contributed by atoms with Crippen LogP contribution in [0.2, 0.25) is 0 Å². The van der Waals surface area contributed by atoms with Gasteiger partial charge in [0.15, 0.2) is 6.21 Å². The zero-order valence-electron chi connectivity index (χ0n) is 5.16. The van der Waals surface area contributed by atoms with E-state index < -0.39 is 0 Å². The van der Waals surface area contributed by atoms with Crippen LogP contribution in [-0.4, -0.2) is 16.2 Å². The van der Waals surface area contributed by atoms with Crippen molar-refractivity contribution >= 4 is 12.0 Å². The molecule has 0 spiro atoms. The number of anilines is 1. The lowest BCUT2D eigenvalue weighted by Crippen LogP contribution is -2.34. The highest BCUT2D eigenvalue weighted by Gasteiger charge is 2.02. The van der Waals surface area contributed by atoms with Gasteiger partial charge in [0.2, 0.25) is 0 Å². The van der Waals surface area contributed by atoms with Crippen molar-refractivity contribution in [2.75, 3.05) is 5.73 Å². The number of hydrogen-bond acceptors (Lipinski definition) is 3. The Hall–Kier alpha value is -1.65. The molecule has 0 saturated heterocycles. The number of nitrogens with zero attached hydrogens (tertiary/aromatic N) is 1. The smallest absolute Gasteiger partial charge is 0.266 e. The van der Waals surface area contributed by atoms with Crippen molar-refractivity contribution in [1.29, 1.82) is 0 Å². The summed E-state index contributed by atoms with van der Waals surface area (Å²) >= 11 is 0. The van der Waals surface area contributed by atoms with Crippen molar-refractivity contribution in [3.05, 3.63) is 22.2 Å². The number of hydrogen-bond donors (Lipinski definition) is 3. The van der Waals surface area contributed by atoms with Gasteiger partial charge in [-0.1, -0.05) is 0 Å². The molecule has 10 heavy (non-hydrogen) atoms. The molecule has 0 saturated carbocycles. The first-order chi connectivity index (χ1) is 4.75. The lowest BCUT2D eigenvalue weighted by atomic mass is 10.3. The molecule has 5 heteroatoms. The Morgan fingerprint density at radius 3 is 2.90 bits per heavy atom. The number of nitrogen functional groups attached to an aromatic ring is 1. The predicted molar refractivity (Wildman–Crippen MR) is 36.4 cm³/mol. The molecule has 52 valence electrons. The molecule has 0 unspecified atom stereocenters. The van der Waals surface area contributed by atoms with Gasteiger partial charge in [0.05, 0.1) is 6.33 Å². The first-order valence-corrected chi connectivity index (χ1v) is 2.64. The molecule has 1 rings (SSSR count). The van der Waals surface area contributed by atoms with Crippen LogP contribution in [0.15, 0.2) is 11.1 Å². The number of aromatic nitrogens is 2. The topological polar surface area (TPSA) is 97.4 Å². The van der Waals surface area contributed by atoms with E-state index in [-0.39, 0.29) is 16.9 Å². The van der Waals surface area contributed by atoms with Gasteiger partial charge in [0, 0.05) is 0 Å². The van der Waals surface area contributed by atoms with Gasteiger partial charge in [-0.25, -0.2) is 4.98 Å². The molecule has 1 aromatic heterocycles. The average Bonchev–Trinajstić information content (AvgIpc) is 1.88. The van der Waals surface area contributed by atoms with Crippen molar-refractivity contribution in [3.8, 4) is 0 Å². The van der Waals surface area contributed by atoms with Crippen LogP contribution in [-0.2, 0) is 0 Å². The minimum Gasteiger partial charge on any atom is -0.383 e. The second kappa shape index (κ2) is 2.30. The second-order valence-electron chi connectivity index (χ2n) is 1.70. The molecule has 0 aliphatic heterocycles. The zero-order valence-corrected chi connectivity index (χ0v) is 5.16. The van der Waals surface area contributed by atoms with Crippen LogP contribution in [0.5, 0.6) is 0 Å². The maximum atomic E-state index is 10.8. The van der Waals surface area contributed by atoms with Crippen LogP contribution in [0.4, 0.5) is 5.82 Å². The Balaban J connectivity index is 3.45. The Labute approximate surface area is 56.4 Å². The van der Waals surface area contributed by atoms with Crippen LogP contribution >= 0.6 is 0 Å². The lowest BCUT2D eigenvalue weighted by molar-refractivity contribution is -0.104. The third-order valence-corrected chi connectivity index (χ3v) is 1.09. The van der Waals surface area contributed by atoms with Gasteiger partial charge in [-0.15, -0.1) is 0 Å². The highest BCUT2D eigenvalue weighted by atomic mass is 16.1. The van der Waals surface area contributed by atoms with Crippen molar-refractivity contribution in [2.24, 2.45) is 0 Å². The van der Waals surface area contributed by atoms with E-state index in [4.69, 9.17) is 11.1 Å². The predicted octanol–water partition coefficient (Wildman–Crippen LogP) is -2.47. The normalized spacial score (nSPS) is 9.20. The van der Waals surface area contributed by atoms with Crippen LogP contribution < -0.4 is 16.7 Å². The van der Waals surface area contributed by atoms with Crippen molar-refractivity contribution in [1.82, 2.24) is 9.97 Å². The molecule has 1 heterocycles. The summed E-state index contributed by atoms with van der Waals surface area (Å²) in [6.07, 6.45) is 2.35. The molecule has 0 atom stereocenters. The van der Waals surface area contributed by atoms with Gasteiger partial charge in [-0.05, 0) is 0 Å². The third-order valence-electron chi connectivity index (χ3n) is 1.09. The van der Waals surface area contributed by atoms with E-state index >= 15 is 0 Å². The van der Waals surface area contributed by atoms with E-state index in [9.17, 15) is 4.79 Å². The summed E-state index contributed by atoms with van der Waals surface area (Å²) in [7, 11) is 0. The Kier molecular flexibility index (Phi) is 1.49. The standard InChI is InChI=1S/C5H6N4O/c6-1-3-4(7)8-2-9-5(3)10/h1-2,6H,(H3,7,8,9,10)/p+1. The Bertz CT molecular complexity index is 303. The number of H-pyrrole nitrogens is 1. The maximum Gasteiger partial charge on any atom is 0.266 e. The van der Waals surface area contributed by atoms with Gasteiger partial charge >= 0.3 is 0 Å². The monoisotopic (exact) mass is 139 g/mol. The fourth-order valence-electron chi connectivity index (χ4n) is 0.585. The van der Waals surface area contributed by atoms with Crippen molar-refractivity contribution in [3.63, 3.8) is 0 Å². The molecule has 0 radical (unpaired) electrons. The summed E-state index contributed by atoms with van der Waals surface area (Å²) in [5.41, 5.74) is 5.18. The Morgan fingerprint density at radius 1 is 1.80 bits per heavy atom. The molecule has 5 N–H and O–H groups in total. The number of nitrogens with one attached hydrogen (secondary N) is 1. The SMILES string of the molecule is Nc1nc[nH]c(=O)c1C=[NH2+]. The highest BCUT2D eigenvalue weighted by Crippen LogP contribution is 1.92. The zero-order chi connectivity index (χ0) is 7.56. The number of aromatic amines is 1. The first kappa shape index (κ1) is 6.47. The Morgan fingerprint density at radius 2 is 2.50 bits per heavy atom. The minimum atomic E-state index is -0.324. The molecule has 0 fully saturated rings. The summed E-state index contributed by atoms with van der Waals surface area (Å²) in [4.78, 5) is 16.7. The maximum absolute atomic E-state index is 10.8. The number of nitrogens with two attached hydrogens (primary N) is 2. The molecule has 0 amide bonds. The summed E-state index contributed by atoms with van der Waals surface area (Å²) in [6, 6.07) is 0. The fourth-order valence-corrected chi connectivity index (χ4v) is 0.585. The van der Waals surface area contributed by atoms with Crippen LogP contribution in [0.25, 0.3) is 0 Å². The second-order valence-corrected chi connectivity index (χ2v) is 1.70. The first-order valence-electron chi connectivity index (χ1n) is 2.64. The van der Waals surface area contributed by atoms with Crippen LogP contribution in [0.1, 0.15) is 5.56 Å². The largest absolute Gasteiger partial charge is 0.383 e. The summed E-state index contributed by atoms with van der Waals surface area (Å²) < 4.78 is 0. The van der Waals surface area contributed by atoms with Crippen molar-refractivity contribution in [2.45, 2.75) is 0 Å². The summed E-state index contributed by atoms with van der Waals surface area (Å²) in [5, 5.41) is 5.09. The molecule has 5 nitrogen and oxygen atoms in total. The summed E-state index contributed by atoms with van der Waals surface area (Å²) in [5.74, 6) is 0.145. The molecule has 1 aromatic rings. The van der Waals surface area contributed by atoms with Gasteiger partial charge in [-0.2, -0.15) is 0 Å². The van der Waals surface area contributed by atoms with E-state index in [1.807, 2.05) is 0 Å². The molecular formula is C5H7N4O+. The molecular weight excluding hydrogens is 132 g/mol.